The normalized spacial score (nSPS) is 15.2. The van der Waals surface area contributed by atoms with Gasteiger partial charge in [0.05, 0.1) is 24.3 Å². The highest BCUT2D eigenvalue weighted by atomic mass is 32.2. The zero-order valence-corrected chi connectivity index (χ0v) is 21.7. The number of hydrogen-bond donors (Lipinski definition) is 1. The van der Waals surface area contributed by atoms with Crippen LogP contribution in [-0.4, -0.2) is 53.6 Å². The molecule has 2 aromatic heterocycles. The Morgan fingerprint density at radius 1 is 1.09 bits per heavy atom. The molecule has 1 fully saturated rings. The number of fused-ring (bicyclic) bond motifs is 1. The number of carbonyl (C=O) groups excluding carboxylic acids is 1. The highest BCUT2D eigenvalue weighted by Crippen LogP contribution is 2.32. The van der Waals surface area contributed by atoms with Crippen LogP contribution in [-0.2, 0) is 10.0 Å². The topological polar surface area (TPSA) is 106 Å². The fourth-order valence-corrected chi connectivity index (χ4v) is 6.00. The molecule has 0 aliphatic carbocycles. The van der Waals surface area contributed by atoms with Gasteiger partial charge in [-0.3, -0.25) is 4.79 Å². The number of methoxy groups -OCH3 is 1. The lowest BCUT2D eigenvalue weighted by atomic mass is 10.0. The second kappa shape index (κ2) is 9.94. The molecule has 9 nitrogen and oxygen atoms in total. The summed E-state index contributed by atoms with van der Waals surface area (Å²) in [4.78, 5) is 18.2. The first-order valence-corrected chi connectivity index (χ1v) is 13.4. The molecule has 3 heterocycles. The summed E-state index contributed by atoms with van der Waals surface area (Å²) in [5, 5.41) is 7.97. The van der Waals surface area contributed by atoms with E-state index in [1.54, 1.807) is 29.1 Å². The SMILES string of the molecule is COc1ccc(NC(=O)c2cc(C(C)C)nc3c2cnn3C(C)C)cc1S(=O)(=O)N1CCCCC1. The van der Waals surface area contributed by atoms with Gasteiger partial charge in [-0.25, -0.2) is 18.1 Å². The summed E-state index contributed by atoms with van der Waals surface area (Å²) in [6.45, 7) is 9.03. The van der Waals surface area contributed by atoms with E-state index in [1.165, 1.54) is 17.5 Å². The molecule has 1 aliphatic rings. The highest BCUT2D eigenvalue weighted by molar-refractivity contribution is 7.89. The van der Waals surface area contributed by atoms with Gasteiger partial charge in [-0.1, -0.05) is 20.3 Å². The average Bonchev–Trinajstić information content (AvgIpc) is 3.28. The quantitative estimate of drug-likeness (QED) is 0.510. The van der Waals surface area contributed by atoms with Gasteiger partial charge in [-0.2, -0.15) is 9.40 Å². The van der Waals surface area contributed by atoms with Crippen LogP contribution in [0.5, 0.6) is 5.75 Å². The number of piperidine rings is 1. The van der Waals surface area contributed by atoms with Crippen LogP contribution in [0.15, 0.2) is 35.4 Å². The number of anilines is 1. The van der Waals surface area contributed by atoms with E-state index in [-0.39, 0.29) is 28.5 Å². The molecular weight excluding hydrogens is 466 g/mol. The fourth-order valence-electron chi connectivity index (χ4n) is 4.30. The zero-order chi connectivity index (χ0) is 25.3. The Morgan fingerprint density at radius 3 is 2.43 bits per heavy atom. The summed E-state index contributed by atoms with van der Waals surface area (Å²) < 4.78 is 35.3. The molecule has 1 saturated heterocycles. The Bertz CT molecular complexity index is 1340. The van der Waals surface area contributed by atoms with Gasteiger partial charge in [-0.05, 0) is 56.9 Å². The van der Waals surface area contributed by atoms with Gasteiger partial charge >= 0.3 is 0 Å². The van der Waals surface area contributed by atoms with Gasteiger partial charge < -0.3 is 10.1 Å². The molecule has 0 saturated carbocycles. The molecule has 4 rings (SSSR count). The first-order chi connectivity index (χ1) is 16.6. The maximum absolute atomic E-state index is 13.4. The maximum Gasteiger partial charge on any atom is 0.256 e. The van der Waals surface area contributed by atoms with Crippen molar-refractivity contribution in [1.29, 1.82) is 0 Å². The molecule has 1 aromatic carbocycles. The number of nitrogens with one attached hydrogen (secondary N) is 1. The molecule has 35 heavy (non-hydrogen) atoms. The number of pyridine rings is 1. The third-order valence-corrected chi connectivity index (χ3v) is 8.19. The van der Waals surface area contributed by atoms with Gasteiger partial charge in [0.25, 0.3) is 5.91 Å². The van der Waals surface area contributed by atoms with Gasteiger partial charge in [-0.15, -0.1) is 0 Å². The number of nitrogens with zero attached hydrogens (tertiary/aromatic N) is 4. The van der Waals surface area contributed by atoms with E-state index in [0.29, 0.717) is 35.4 Å². The first kappa shape index (κ1) is 25.1. The summed E-state index contributed by atoms with van der Waals surface area (Å²) in [5.41, 5.74) is 2.26. The minimum absolute atomic E-state index is 0.0510. The molecule has 0 unspecified atom stereocenters. The van der Waals surface area contributed by atoms with Crippen molar-refractivity contribution in [2.75, 3.05) is 25.5 Å². The Kier molecular flexibility index (Phi) is 7.14. The average molecular weight is 500 g/mol. The number of rotatable bonds is 7. The van der Waals surface area contributed by atoms with Crippen LogP contribution in [0, 0.1) is 0 Å². The number of hydrogen-bond acceptors (Lipinski definition) is 6. The summed E-state index contributed by atoms with van der Waals surface area (Å²) in [6.07, 6.45) is 4.34. The lowest BCUT2D eigenvalue weighted by Crippen LogP contribution is -2.35. The Balaban J connectivity index is 1.72. The van der Waals surface area contributed by atoms with Crippen molar-refractivity contribution >= 4 is 32.7 Å². The predicted octanol–water partition coefficient (Wildman–Crippen LogP) is 4.57. The maximum atomic E-state index is 13.4. The van der Waals surface area contributed by atoms with E-state index >= 15 is 0 Å². The van der Waals surface area contributed by atoms with Crippen LogP contribution in [0.2, 0.25) is 0 Å². The molecular formula is C25H33N5O4S. The van der Waals surface area contributed by atoms with E-state index in [0.717, 1.165) is 25.0 Å². The summed E-state index contributed by atoms with van der Waals surface area (Å²) in [5.74, 6) is 0.0120. The molecule has 0 radical (unpaired) electrons. The minimum Gasteiger partial charge on any atom is -0.495 e. The molecule has 3 aromatic rings. The van der Waals surface area contributed by atoms with Gasteiger partial charge in [0.15, 0.2) is 5.65 Å². The summed E-state index contributed by atoms with van der Waals surface area (Å²) in [7, 11) is -2.31. The number of sulfonamides is 1. The third-order valence-electron chi connectivity index (χ3n) is 6.27. The van der Waals surface area contributed by atoms with E-state index in [1.807, 2.05) is 27.7 Å². The predicted molar refractivity (Wildman–Crippen MR) is 136 cm³/mol. The monoisotopic (exact) mass is 499 g/mol. The Hall–Kier alpha value is -2.98. The molecule has 0 bridgehead atoms. The summed E-state index contributed by atoms with van der Waals surface area (Å²) in [6, 6.07) is 6.56. The molecule has 1 N–H and O–H groups in total. The molecule has 1 amide bonds. The number of ether oxygens (including phenoxy) is 1. The molecule has 188 valence electrons. The number of aromatic nitrogens is 3. The first-order valence-electron chi connectivity index (χ1n) is 12.0. The van der Waals surface area contributed by atoms with Crippen molar-refractivity contribution in [3.05, 3.63) is 41.7 Å². The second-order valence-corrected chi connectivity index (χ2v) is 11.4. The van der Waals surface area contributed by atoms with Crippen LogP contribution < -0.4 is 10.1 Å². The summed E-state index contributed by atoms with van der Waals surface area (Å²) >= 11 is 0. The van der Waals surface area contributed by atoms with E-state index < -0.39 is 10.0 Å². The molecule has 10 heteroatoms. The standard InChI is InChI=1S/C25H33N5O4S/c1-16(2)21-14-19(20-15-26-30(17(3)4)24(20)28-21)25(31)27-18-9-10-22(34-5)23(13-18)35(32,33)29-11-7-6-8-12-29/h9-10,13-17H,6-8,11-12H2,1-5H3,(H,27,31). The third kappa shape index (κ3) is 4.90. The van der Waals surface area contributed by atoms with Crippen molar-refractivity contribution in [1.82, 2.24) is 19.1 Å². The highest BCUT2D eigenvalue weighted by Gasteiger charge is 2.29. The molecule has 0 atom stereocenters. The smallest absolute Gasteiger partial charge is 0.256 e. The number of benzene rings is 1. The fraction of sp³-hybridized carbons (Fsp3) is 0.480. The van der Waals surface area contributed by atoms with Crippen molar-refractivity contribution in [3.8, 4) is 5.75 Å². The molecule has 0 spiro atoms. The zero-order valence-electron chi connectivity index (χ0n) is 20.9. The van der Waals surface area contributed by atoms with Gasteiger partial charge in [0.1, 0.15) is 10.6 Å². The van der Waals surface area contributed by atoms with Gasteiger partial charge in [0.2, 0.25) is 10.0 Å². The van der Waals surface area contributed by atoms with Crippen molar-refractivity contribution < 1.29 is 17.9 Å². The largest absolute Gasteiger partial charge is 0.495 e. The van der Waals surface area contributed by atoms with E-state index in [4.69, 9.17) is 9.72 Å². The van der Waals surface area contributed by atoms with Crippen LogP contribution in [0.25, 0.3) is 11.0 Å². The Labute approximate surface area is 206 Å². The van der Waals surface area contributed by atoms with Crippen LogP contribution in [0.3, 0.4) is 0 Å². The molecule has 1 aliphatic heterocycles. The lowest BCUT2D eigenvalue weighted by molar-refractivity contribution is 0.102. The lowest BCUT2D eigenvalue weighted by Gasteiger charge is -2.26. The second-order valence-electron chi connectivity index (χ2n) is 9.45. The van der Waals surface area contributed by atoms with E-state index in [2.05, 4.69) is 10.4 Å². The van der Waals surface area contributed by atoms with Gasteiger partial charge in [0, 0.05) is 30.5 Å². The van der Waals surface area contributed by atoms with Crippen molar-refractivity contribution in [2.45, 2.75) is 63.8 Å². The van der Waals surface area contributed by atoms with Crippen LogP contribution in [0.4, 0.5) is 5.69 Å². The number of amides is 1. The van der Waals surface area contributed by atoms with E-state index in [9.17, 15) is 13.2 Å². The minimum atomic E-state index is -3.75. The number of carbonyl (C=O) groups is 1. The van der Waals surface area contributed by atoms with Crippen molar-refractivity contribution in [2.24, 2.45) is 0 Å². The van der Waals surface area contributed by atoms with Crippen LogP contribution >= 0.6 is 0 Å². The van der Waals surface area contributed by atoms with Crippen molar-refractivity contribution in [3.63, 3.8) is 0 Å². The van der Waals surface area contributed by atoms with Crippen LogP contribution in [0.1, 0.15) is 75.0 Å². The Morgan fingerprint density at radius 2 is 1.80 bits per heavy atom.